The number of hydrogen-bond donors (Lipinski definition) is 3. The molecule has 0 spiro atoms. The number of aromatic amines is 1. The van der Waals surface area contributed by atoms with Gasteiger partial charge in [0.15, 0.2) is 5.82 Å². The molecule has 1 aromatic heterocycles. The van der Waals surface area contributed by atoms with Crippen LogP contribution in [0, 0.1) is 0 Å². The summed E-state index contributed by atoms with van der Waals surface area (Å²) in [6.45, 7) is 0.285. The van der Waals surface area contributed by atoms with Crippen LogP contribution in [0.1, 0.15) is 5.56 Å². The van der Waals surface area contributed by atoms with Crippen LogP contribution in [-0.2, 0) is 11.3 Å². The summed E-state index contributed by atoms with van der Waals surface area (Å²) in [7, 11) is 0. The predicted octanol–water partition coefficient (Wildman–Crippen LogP) is 0.606. The number of benzene rings is 1. The van der Waals surface area contributed by atoms with E-state index in [4.69, 9.17) is 11.5 Å². The molecule has 0 bridgehead atoms. The molecule has 0 fully saturated rings. The van der Waals surface area contributed by atoms with Crippen molar-refractivity contribution < 1.29 is 4.79 Å². The summed E-state index contributed by atoms with van der Waals surface area (Å²) < 4.78 is 0.246. The van der Waals surface area contributed by atoms with E-state index in [2.05, 4.69) is 25.9 Å². The second kappa shape index (κ2) is 6.40. The van der Waals surface area contributed by atoms with Gasteiger partial charge in [-0.1, -0.05) is 12.1 Å². The minimum atomic E-state index is -0.520. The van der Waals surface area contributed by atoms with Crippen molar-refractivity contribution in [2.75, 3.05) is 17.2 Å². The zero-order valence-corrected chi connectivity index (χ0v) is 12.6. The van der Waals surface area contributed by atoms with Crippen LogP contribution in [0.2, 0.25) is 0 Å². The fraction of sp³-hybridized carbons (Fsp3) is 0.154. The molecule has 2 rings (SSSR count). The highest BCUT2D eigenvalue weighted by Gasteiger charge is 2.16. The summed E-state index contributed by atoms with van der Waals surface area (Å²) in [5.74, 6) is -0.173. The lowest BCUT2D eigenvalue weighted by Crippen LogP contribution is -2.35. The average molecular weight is 352 g/mol. The maximum Gasteiger partial charge on any atom is 0.267 e. The van der Waals surface area contributed by atoms with Crippen molar-refractivity contribution in [2.45, 2.75) is 6.54 Å². The second-order valence-electron chi connectivity index (χ2n) is 4.44. The molecule has 110 valence electrons. The molecule has 0 aliphatic rings. The third-order valence-corrected chi connectivity index (χ3v) is 3.46. The van der Waals surface area contributed by atoms with Crippen molar-refractivity contribution in [1.82, 2.24) is 9.97 Å². The summed E-state index contributed by atoms with van der Waals surface area (Å²) >= 11 is 3.17. The fourth-order valence-corrected chi connectivity index (χ4v) is 2.37. The smallest absolute Gasteiger partial charge is 0.267 e. The van der Waals surface area contributed by atoms with E-state index in [1.807, 2.05) is 12.1 Å². The van der Waals surface area contributed by atoms with E-state index in [-0.39, 0.29) is 16.6 Å². The molecule has 1 amide bonds. The molecule has 8 heteroatoms. The van der Waals surface area contributed by atoms with Crippen LogP contribution >= 0.6 is 15.9 Å². The van der Waals surface area contributed by atoms with Crippen molar-refractivity contribution in [3.63, 3.8) is 0 Å². The van der Waals surface area contributed by atoms with Gasteiger partial charge in [0, 0.05) is 12.2 Å². The number of halogens is 1. The van der Waals surface area contributed by atoms with Crippen molar-refractivity contribution in [2.24, 2.45) is 5.73 Å². The van der Waals surface area contributed by atoms with Crippen LogP contribution in [0.25, 0.3) is 0 Å². The zero-order valence-electron chi connectivity index (χ0n) is 11.0. The molecule has 0 saturated carbocycles. The summed E-state index contributed by atoms with van der Waals surface area (Å²) in [6, 6.07) is 7.23. The van der Waals surface area contributed by atoms with Crippen LogP contribution in [-0.4, -0.2) is 22.4 Å². The number of amides is 1. The highest BCUT2D eigenvalue weighted by molar-refractivity contribution is 9.10. The lowest BCUT2D eigenvalue weighted by Gasteiger charge is -2.23. The zero-order chi connectivity index (χ0) is 15.4. The van der Waals surface area contributed by atoms with Gasteiger partial charge in [-0.3, -0.25) is 9.59 Å². The first-order chi connectivity index (χ1) is 9.97. The third-order valence-electron chi connectivity index (χ3n) is 2.75. The average Bonchev–Trinajstić information content (AvgIpc) is 2.41. The van der Waals surface area contributed by atoms with Crippen molar-refractivity contribution >= 4 is 33.3 Å². The van der Waals surface area contributed by atoms with E-state index in [9.17, 15) is 9.59 Å². The third kappa shape index (κ3) is 3.82. The molecule has 0 atom stereocenters. The lowest BCUT2D eigenvalue weighted by molar-refractivity contribution is -0.116. The highest BCUT2D eigenvalue weighted by atomic mass is 79.9. The first kappa shape index (κ1) is 15.0. The van der Waals surface area contributed by atoms with E-state index in [1.165, 1.54) is 6.33 Å². The monoisotopic (exact) mass is 351 g/mol. The molecule has 0 radical (unpaired) electrons. The SMILES string of the molecule is NC(=O)CN(Cc1cccc(N)c1)c1nc[nH]c(=O)c1Br. The molecule has 0 unspecified atom stereocenters. The Balaban J connectivity index is 2.36. The Labute approximate surface area is 129 Å². The molecule has 0 aliphatic heterocycles. The number of nitrogens with zero attached hydrogens (tertiary/aromatic N) is 2. The first-order valence-corrected chi connectivity index (χ1v) is 6.87. The molecule has 1 heterocycles. The Bertz CT molecular complexity index is 716. The Hall–Kier alpha value is -2.35. The number of rotatable bonds is 5. The molecule has 0 saturated heterocycles. The largest absolute Gasteiger partial charge is 0.399 e. The standard InChI is InChI=1S/C13H14BrN5O2/c14-11-12(17-7-18-13(11)21)19(6-10(16)20)5-8-2-1-3-9(15)4-8/h1-4,7H,5-6,15H2,(H2,16,20)(H,17,18,21). The van der Waals surface area contributed by atoms with E-state index < -0.39 is 5.91 Å². The number of carbonyl (C=O) groups excluding carboxylic acids is 1. The number of nitrogens with one attached hydrogen (secondary N) is 1. The van der Waals surface area contributed by atoms with Gasteiger partial charge in [-0.15, -0.1) is 0 Å². The number of carbonyl (C=O) groups is 1. The van der Waals surface area contributed by atoms with Gasteiger partial charge in [0.25, 0.3) is 5.56 Å². The molecular formula is C13H14BrN5O2. The second-order valence-corrected chi connectivity index (χ2v) is 5.23. The van der Waals surface area contributed by atoms with Gasteiger partial charge >= 0.3 is 0 Å². The van der Waals surface area contributed by atoms with Crippen molar-refractivity contribution in [1.29, 1.82) is 0 Å². The highest BCUT2D eigenvalue weighted by Crippen LogP contribution is 2.21. The minimum Gasteiger partial charge on any atom is -0.399 e. The molecule has 7 nitrogen and oxygen atoms in total. The number of nitrogens with two attached hydrogens (primary N) is 2. The molecule has 0 aliphatic carbocycles. The summed E-state index contributed by atoms with van der Waals surface area (Å²) in [5.41, 5.74) is 12.2. The van der Waals surface area contributed by atoms with Gasteiger partial charge in [-0.2, -0.15) is 0 Å². The minimum absolute atomic E-state index is 0.0656. The predicted molar refractivity (Wildman–Crippen MR) is 83.7 cm³/mol. The van der Waals surface area contributed by atoms with Crippen LogP contribution < -0.4 is 21.9 Å². The summed E-state index contributed by atoms with van der Waals surface area (Å²) in [6.07, 6.45) is 1.27. The number of hydrogen-bond acceptors (Lipinski definition) is 5. The number of primary amides is 1. The Morgan fingerprint density at radius 2 is 2.19 bits per heavy atom. The number of anilines is 2. The van der Waals surface area contributed by atoms with Crippen molar-refractivity contribution in [3.05, 3.63) is 51.0 Å². The summed E-state index contributed by atoms with van der Waals surface area (Å²) in [4.78, 5) is 31.0. The lowest BCUT2D eigenvalue weighted by atomic mass is 10.2. The molecule has 1 aromatic carbocycles. The maximum absolute atomic E-state index is 11.6. The number of H-pyrrole nitrogens is 1. The summed E-state index contributed by atoms with van der Waals surface area (Å²) in [5, 5.41) is 0. The molecule has 2 aromatic rings. The van der Waals surface area contributed by atoms with E-state index >= 15 is 0 Å². The van der Waals surface area contributed by atoms with E-state index in [0.717, 1.165) is 5.56 Å². The topological polar surface area (TPSA) is 118 Å². The maximum atomic E-state index is 11.6. The normalized spacial score (nSPS) is 10.3. The van der Waals surface area contributed by atoms with E-state index in [1.54, 1.807) is 17.0 Å². The van der Waals surface area contributed by atoms with E-state index in [0.29, 0.717) is 18.1 Å². The number of aromatic nitrogens is 2. The first-order valence-electron chi connectivity index (χ1n) is 6.08. The van der Waals surface area contributed by atoms with Gasteiger partial charge in [-0.25, -0.2) is 4.98 Å². The van der Waals surface area contributed by atoms with Gasteiger partial charge in [0.05, 0.1) is 12.9 Å². The van der Waals surface area contributed by atoms with Crippen LogP contribution in [0.4, 0.5) is 11.5 Å². The Morgan fingerprint density at radius 3 is 2.86 bits per heavy atom. The van der Waals surface area contributed by atoms with Crippen LogP contribution in [0.5, 0.6) is 0 Å². The van der Waals surface area contributed by atoms with Crippen LogP contribution in [0.3, 0.4) is 0 Å². The van der Waals surface area contributed by atoms with Gasteiger partial charge in [-0.05, 0) is 33.6 Å². The Morgan fingerprint density at radius 1 is 1.43 bits per heavy atom. The van der Waals surface area contributed by atoms with Crippen LogP contribution in [0.15, 0.2) is 39.9 Å². The quantitative estimate of drug-likeness (QED) is 0.682. The van der Waals surface area contributed by atoms with Gasteiger partial charge in [0.1, 0.15) is 4.47 Å². The van der Waals surface area contributed by atoms with Crippen molar-refractivity contribution in [3.8, 4) is 0 Å². The Kier molecular flexibility index (Phi) is 4.59. The molecule has 5 N–H and O–H groups in total. The fourth-order valence-electron chi connectivity index (χ4n) is 1.90. The van der Waals surface area contributed by atoms with Gasteiger partial charge in [0.2, 0.25) is 5.91 Å². The molecular weight excluding hydrogens is 338 g/mol. The number of nitrogen functional groups attached to an aromatic ring is 1. The van der Waals surface area contributed by atoms with Gasteiger partial charge < -0.3 is 21.4 Å². The molecule has 21 heavy (non-hydrogen) atoms.